The lowest BCUT2D eigenvalue weighted by Gasteiger charge is -2.16. The third kappa shape index (κ3) is 2.38. The van der Waals surface area contributed by atoms with Crippen molar-refractivity contribution >= 4 is 45.7 Å². The van der Waals surface area contributed by atoms with Gasteiger partial charge in [0.25, 0.3) is 0 Å². The highest BCUT2D eigenvalue weighted by molar-refractivity contribution is 6.44. The van der Waals surface area contributed by atoms with E-state index in [0.717, 1.165) is 23.8 Å². The Labute approximate surface area is 147 Å². The van der Waals surface area contributed by atoms with Crippen LogP contribution in [0, 0.1) is 5.82 Å². The van der Waals surface area contributed by atoms with E-state index in [0.29, 0.717) is 21.2 Å². The van der Waals surface area contributed by atoms with Crippen LogP contribution in [0.25, 0.3) is 10.9 Å². The zero-order valence-corrected chi connectivity index (χ0v) is 14.0. The van der Waals surface area contributed by atoms with E-state index >= 15 is 0 Å². The summed E-state index contributed by atoms with van der Waals surface area (Å²) in [6.07, 6.45) is 3.26. The van der Waals surface area contributed by atoms with Crippen molar-refractivity contribution in [1.29, 1.82) is 0 Å². The standard InChI is InChI=1S/C18H13Cl2FN2O/c19-13-2-1-3-14(16(13)20)23-17(24)18(6-7-18)12-9-22-15-8-10(21)4-5-11(12)15/h1-5,8-9,22H,6-7H2,(H,23,24). The first kappa shape index (κ1) is 15.5. The Morgan fingerprint density at radius 3 is 2.75 bits per heavy atom. The van der Waals surface area contributed by atoms with Crippen LogP contribution in [0.3, 0.4) is 0 Å². The van der Waals surface area contributed by atoms with E-state index in [-0.39, 0.29) is 11.7 Å². The largest absolute Gasteiger partial charge is 0.361 e. The third-order valence-corrected chi connectivity index (χ3v) is 5.36. The number of aromatic nitrogens is 1. The van der Waals surface area contributed by atoms with Crippen molar-refractivity contribution in [2.75, 3.05) is 5.32 Å². The third-order valence-electron chi connectivity index (χ3n) is 4.54. The number of nitrogens with one attached hydrogen (secondary N) is 2. The van der Waals surface area contributed by atoms with Gasteiger partial charge < -0.3 is 10.3 Å². The van der Waals surface area contributed by atoms with Crippen molar-refractivity contribution in [3.8, 4) is 0 Å². The summed E-state index contributed by atoms with van der Waals surface area (Å²) in [6, 6.07) is 9.66. The molecular formula is C18H13Cl2FN2O. The minimum atomic E-state index is -0.609. The molecule has 1 heterocycles. The molecule has 122 valence electrons. The fourth-order valence-electron chi connectivity index (χ4n) is 3.08. The summed E-state index contributed by atoms with van der Waals surface area (Å²) >= 11 is 12.1. The van der Waals surface area contributed by atoms with Crippen molar-refractivity contribution in [1.82, 2.24) is 4.98 Å². The maximum Gasteiger partial charge on any atom is 0.235 e. The molecule has 0 spiro atoms. The Morgan fingerprint density at radius 2 is 2.00 bits per heavy atom. The summed E-state index contributed by atoms with van der Waals surface area (Å²) in [6.45, 7) is 0. The van der Waals surface area contributed by atoms with Gasteiger partial charge in [-0.25, -0.2) is 4.39 Å². The molecule has 3 aromatic rings. The topological polar surface area (TPSA) is 44.9 Å². The molecule has 0 unspecified atom stereocenters. The molecule has 2 aromatic carbocycles. The fourth-order valence-corrected chi connectivity index (χ4v) is 3.43. The van der Waals surface area contributed by atoms with E-state index in [1.807, 2.05) is 0 Å². The normalized spacial score (nSPS) is 15.5. The summed E-state index contributed by atoms with van der Waals surface area (Å²) in [7, 11) is 0. The van der Waals surface area contributed by atoms with Gasteiger partial charge in [-0.3, -0.25) is 4.79 Å². The first-order valence-electron chi connectivity index (χ1n) is 7.54. The highest BCUT2D eigenvalue weighted by atomic mass is 35.5. The molecule has 1 aliphatic rings. The molecule has 0 radical (unpaired) electrons. The second-order valence-corrected chi connectivity index (χ2v) is 6.82. The highest BCUT2D eigenvalue weighted by Gasteiger charge is 2.52. The van der Waals surface area contributed by atoms with Crippen molar-refractivity contribution in [3.63, 3.8) is 0 Å². The zero-order valence-electron chi connectivity index (χ0n) is 12.5. The number of fused-ring (bicyclic) bond motifs is 1. The molecular weight excluding hydrogens is 350 g/mol. The van der Waals surface area contributed by atoms with Crippen LogP contribution in [-0.2, 0) is 10.2 Å². The van der Waals surface area contributed by atoms with Crippen LogP contribution < -0.4 is 5.32 Å². The quantitative estimate of drug-likeness (QED) is 0.653. The molecule has 1 aliphatic carbocycles. The summed E-state index contributed by atoms with van der Waals surface area (Å²) in [5, 5.41) is 4.45. The predicted octanol–water partition coefficient (Wildman–Crippen LogP) is 5.28. The van der Waals surface area contributed by atoms with Crippen LogP contribution in [0.15, 0.2) is 42.6 Å². The Kier molecular flexibility index (Phi) is 3.55. The number of hydrogen-bond acceptors (Lipinski definition) is 1. The lowest BCUT2D eigenvalue weighted by atomic mass is 9.94. The van der Waals surface area contributed by atoms with Gasteiger partial charge in [0, 0.05) is 17.1 Å². The molecule has 0 aliphatic heterocycles. The van der Waals surface area contributed by atoms with Gasteiger partial charge in [-0.05, 0) is 48.7 Å². The fraction of sp³-hybridized carbons (Fsp3) is 0.167. The van der Waals surface area contributed by atoms with E-state index in [9.17, 15) is 9.18 Å². The Bertz CT molecular complexity index is 963. The van der Waals surface area contributed by atoms with Gasteiger partial charge in [0.05, 0.1) is 21.1 Å². The molecule has 3 nitrogen and oxygen atoms in total. The molecule has 0 bridgehead atoms. The lowest BCUT2D eigenvalue weighted by Crippen LogP contribution is -2.27. The minimum absolute atomic E-state index is 0.128. The lowest BCUT2D eigenvalue weighted by molar-refractivity contribution is -0.118. The van der Waals surface area contributed by atoms with Gasteiger partial charge in [-0.15, -0.1) is 0 Å². The summed E-state index contributed by atoms with van der Waals surface area (Å²) < 4.78 is 13.4. The number of benzene rings is 2. The van der Waals surface area contributed by atoms with Crippen molar-refractivity contribution in [3.05, 3.63) is 64.0 Å². The Balaban J connectivity index is 1.69. The van der Waals surface area contributed by atoms with Crippen LogP contribution in [0.5, 0.6) is 0 Å². The minimum Gasteiger partial charge on any atom is -0.361 e. The van der Waals surface area contributed by atoms with E-state index in [1.165, 1.54) is 12.1 Å². The number of anilines is 1. The van der Waals surface area contributed by atoms with Gasteiger partial charge in [-0.2, -0.15) is 0 Å². The maximum atomic E-state index is 13.4. The summed E-state index contributed by atoms with van der Waals surface area (Å²) in [5.74, 6) is -0.437. The molecule has 0 saturated heterocycles. The highest BCUT2D eigenvalue weighted by Crippen LogP contribution is 2.51. The monoisotopic (exact) mass is 362 g/mol. The molecule has 1 saturated carbocycles. The number of rotatable bonds is 3. The molecule has 4 rings (SSSR count). The number of H-pyrrole nitrogens is 1. The van der Waals surface area contributed by atoms with Crippen LogP contribution in [0.4, 0.5) is 10.1 Å². The molecule has 0 atom stereocenters. The predicted molar refractivity (Wildman–Crippen MR) is 94.3 cm³/mol. The number of aromatic amines is 1. The summed E-state index contributed by atoms with van der Waals surface area (Å²) in [4.78, 5) is 15.9. The Hall–Kier alpha value is -2.04. The van der Waals surface area contributed by atoms with Gasteiger partial charge in [-0.1, -0.05) is 29.3 Å². The smallest absolute Gasteiger partial charge is 0.235 e. The van der Waals surface area contributed by atoms with Crippen LogP contribution in [0.2, 0.25) is 10.0 Å². The Morgan fingerprint density at radius 1 is 1.21 bits per heavy atom. The SMILES string of the molecule is O=C(Nc1cccc(Cl)c1Cl)C1(c2c[nH]c3cc(F)ccc23)CC1. The maximum absolute atomic E-state index is 13.4. The van der Waals surface area contributed by atoms with Crippen molar-refractivity contribution < 1.29 is 9.18 Å². The molecule has 24 heavy (non-hydrogen) atoms. The number of hydrogen-bond donors (Lipinski definition) is 2. The average molecular weight is 363 g/mol. The van der Waals surface area contributed by atoms with Gasteiger partial charge in [0.1, 0.15) is 5.82 Å². The van der Waals surface area contributed by atoms with Gasteiger partial charge in [0.15, 0.2) is 0 Å². The van der Waals surface area contributed by atoms with Crippen molar-refractivity contribution in [2.24, 2.45) is 0 Å². The van der Waals surface area contributed by atoms with Gasteiger partial charge in [0.2, 0.25) is 5.91 Å². The van der Waals surface area contributed by atoms with E-state index in [2.05, 4.69) is 10.3 Å². The second-order valence-electron chi connectivity index (χ2n) is 6.03. The van der Waals surface area contributed by atoms with Gasteiger partial charge >= 0.3 is 0 Å². The molecule has 1 fully saturated rings. The summed E-state index contributed by atoms with van der Waals surface area (Å²) in [5.41, 5.74) is 1.45. The van der Waals surface area contributed by atoms with Crippen LogP contribution >= 0.6 is 23.2 Å². The molecule has 6 heteroatoms. The first-order valence-corrected chi connectivity index (χ1v) is 8.29. The first-order chi connectivity index (χ1) is 11.5. The molecule has 1 aromatic heterocycles. The molecule has 1 amide bonds. The second kappa shape index (κ2) is 5.50. The van der Waals surface area contributed by atoms with E-state index in [1.54, 1.807) is 30.5 Å². The van der Waals surface area contributed by atoms with E-state index in [4.69, 9.17) is 23.2 Å². The molecule has 2 N–H and O–H groups in total. The zero-order chi connectivity index (χ0) is 16.9. The number of amides is 1. The average Bonchev–Trinajstić information content (AvgIpc) is 3.26. The number of halogens is 3. The van der Waals surface area contributed by atoms with E-state index < -0.39 is 5.41 Å². The van der Waals surface area contributed by atoms with Crippen LogP contribution in [-0.4, -0.2) is 10.9 Å². The number of carbonyl (C=O) groups excluding carboxylic acids is 1. The van der Waals surface area contributed by atoms with Crippen LogP contribution in [0.1, 0.15) is 18.4 Å². The number of carbonyl (C=O) groups is 1. The van der Waals surface area contributed by atoms with Crippen molar-refractivity contribution in [2.45, 2.75) is 18.3 Å².